The average Bonchev–Trinajstić information content (AvgIpc) is 2.29. The number of hydrogen-bond donors (Lipinski definition) is 2. The summed E-state index contributed by atoms with van der Waals surface area (Å²) in [7, 11) is 1.55. The normalized spacial score (nSPS) is 24.5. The van der Waals surface area contributed by atoms with Gasteiger partial charge in [0.1, 0.15) is 5.54 Å². The van der Waals surface area contributed by atoms with E-state index in [-0.39, 0.29) is 6.03 Å². The molecule has 17 heavy (non-hydrogen) atoms. The van der Waals surface area contributed by atoms with Crippen LogP contribution in [0, 0.1) is 0 Å². The van der Waals surface area contributed by atoms with E-state index >= 15 is 0 Å². The van der Waals surface area contributed by atoms with Crippen molar-refractivity contribution in [3.8, 4) is 0 Å². The molecule has 0 aliphatic carbocycles. The van der Waals surface area contributed by atoms with Crippen LogP contribution in [0.3, 0.4) is 0 Å². The van der Waals surface area contributed by atoms with Crippen LogP contribution in [0.2, 0.25) is 0 Å². The van der Waals surface area contributed by atoms with Gasteiger partial charge >= 0.3 is 12.0 Å². The molecule has 0 aromatic carbocycles. The first-order valence-corrected chi connectivity index (χ1v) is 5.80. The van der Waals surface area contributed by atoms with Crippen molar-refractivity contribution < 1.29 is 19.4 Å². The number of carboxylic acid groups (broad SMARTS) is 1. The lowest BCUT2D eigenvalue weighted by Crippen LogP contribution is -2.60. The fourth-order valence-electron chi connectivity index (χ4n) is 2.02. The number of urea groups is 1. The van der Waals surface area contributed by atoms with E-state index in [1.165, 1.54) is 4.90 Å². The molecule has 0 bridgehead atoms. The molecular formula is C11H20N2O4. The van der Waals surface area contributed by atoms with E-state index in [1.807, 2.05) is 0 Å². The number of ether oxygens (including phenoxy) is 1. The quantitative estimate of drug-likeness (QED) is 0.712. The minimum absolute atomic E-state index is 0.327. The minimum atomic E-state index is -1.09. The van der Waals surface area contributed by atoms with Gasteiger partial charge in [-0.15, -0.1) is 0 Å². The van der Waals surface area contributed by atoms with Gasteiger partial charge in [0, 0.05) is 20.2 Å². The Balaban J connectivity index is 2.65. The second kappa shape index (κ2) is 5.86. The molecule has 1 atom stereocenters. The summed E-state index contributed by atoms with van der Waals surface area (Å²) in [6.45, 7) is 2.90. The fraction of sp³-hybridized carbons (Fsp3) is 0.818. The van der Waals surface area contributed by atoms with Crippen LogP contribution in [0.4, 0.5) is 4.79 Å². The van der Waals surface area contributed by atoms with Gasteiger partial charge in [-0.05, 0) is 26.2 Å². The van der Waals surface area contributed by atoms with Crippen molar-refractivity contribution in [2.45, 2.75) is 31.7 Å². The molecule has 1 aliphatic rings. The lowest BCUT2D eigenvalue weighted by atomic mass is 9.89. The number of likely N-dealkylation sites (tertiary alicyclic amines) is 1. The number of methoxy groups -OCH3 is 1. The Labute approximate surface area is 101 Å². The van der Waals surface area contributed by atoms with Crippen molar-refractivity contribution in [3.63, 3.8) is 0 Å². The Morgan fingerprint density at radius 2 is 2.18 bits per heavy atom. The molecule has 2 N–H and O–H groups in total. The highest BCUT2D eigenvalue weighted by molar-refractivity contribution is 5.86. The zero-order valence-corrected chi connectivity index (χ0v) is 10.4. The monoisotopic (exact) mass is 244 g/mol. The van der Waals surface area contributed by atoms with Crippen LogP contribution < -0.4 is 5.32 Å². The van der Waals surface area contributed by atoms with Crippen molar-refractivity contribution in [2.75, 3.05) is 26.8 Å². The summed E-state index contributed by atoms with van der Waals surface area (Å²) in [5.41, 5.74) is -1.09. The predicted octanol–water partition coefficient (Wildman–Crippen LogP) is 0.672. The number of amides is 2. The Morgan fingerprint density at radius 1 is 1.47 bits per heavy atom. The van der Waals surface area contributed by atoms with Gasteiger partial charge in [0.15, 0.2) is 0 Å². The summed E-state index contributed by atoms with van der Waals surface area (Å²) in [4.78, 5) is 24.6. The molecule has 0 spiro atoms. The predicted molar refractivity (Wildman–Crippen MR) is 61.9 cm³/mol. The lowest BCUT2D eigenvalue weighted by molar-refractivity contribution is -0.150. The summed E-state index contributed by atoms with van der Waals surface area (Å²) in [5, 5.41) is 11.9. The van der Waals surface area contributed by atoms with Crippen LogP contribution >= 0.6 is 0 Å². The number of aliphatic carboxylic acids is 1. The number of nitrogens with one attached hydrogen (secondary N) is 1. The molecule has 1 rings (SSSR count). The molecule has 1 aliphatic heterocycles. The van der Waals surface area contributed by atoms with Crippen LogP contribution in [-0.2, 0) is 9.53 Å². The zero-order chi connectivity index (χ0) is 12.9. The van der Waals surface area contributed by atoms with Crippen LogP contribution in [0.5, 0.6) is 0 Å². The van der Waals surface area contributed by atoms with E-state index in [2.05, 4.69) is 5.32 Å². The molecule has 6 heteroatoms. The maximum Gasteiger partial charge on any atom is 0.329 e. The molecule has 0 saturated carbocycles. The summed E-state index contributed by atoms with van der Waals surface area (Å²) < 4.78 is 4.83. The van der Waals surface area contributed by atoms with Crippen molar-refractivity contribution in [3.05, 3.63) is 0 Å². The van der Waals surface area contributed by atoms with Gasteiger partial charge in [0.2, 0.25) is 0 Å². The van der Waals surface area contributed by atoms with Crippen LogP contribution in [0.1, 0.15) is 26.2 Å². The third-order valence-corrected chi connectivity index (χ3v) is 3.18. The van der Waals surface area contributed by atoms with Crippen LogP contribution in [-0.4, -0.2) is 54.4 Å². The molecule has 98 valence electrons. The Bertz CT molecular complexity index is 295. The molecule has 1 unspecified atom stereocenters. The topological polar surface area (TPSA) is 78.9 Å². The molecule has 6 nitrogen and oxygen atoms in total. The van der Waals surface area contributed by atoms with Gasteiger partial charge in [-0.25, -0.2) is 9.59 Å². The second-order valence-corrected chi connectivity index (χ2v) is 4.41. The Kier molecular flexibility index (Phi) is 4.74. The Morgan fingerprint density at radius 3 is 2.76 bits per heavy atom. The van der Waals surface area contributed by atoms with E-state index in [0.717, 1.165) is 12.8 Å². The minimum Gasteiger partial charge on any atom is -0.480 e. The van der Waals surface area contributed by atoms with Crippen LogP contribution in [0.15, 0.2) is 0 Å². The van der Waals surface area contributed by atoms with Crippen LogP contribution in [0.25, 0.3) is 0 Å². The first kappa shape index (κ1) is 13.8. The van der Waals surface area contributed by atoms with E-state index in [9.17, 15) is 14.7 Å². The van der Waals surface area contributed by atoms with Gasteiger partial charge in [-0.1, -0.05) is 0 Å². The van der Waals surface area contributed by atoms with E-state index < -0.39 is 11.5 Å². The molecule has 0 radical (unpaired) electrons. The molecule has 2 amide bonds. The highest BCUT2D eigenvalue weighted by Crippen LogP contribution is 2.28. The maximum absolute atomic E-state index is 11.9. The summed E-state index contributed by atoms with van der Waals surface area (Å²) >= 11 is 0. The number of carboxylic acids is 1. The molecule has 0 aromatic rings. The summed E-state index contributed by atoms with van der Waals surface area (Å²) in [6, 6.07) is -0.327. The number of piperidine rings is 1. The van der Waals surface area contributed by atoms with Crippen molar-refractivity contribution in [1.29, 1.82) is 0 Å². The molecule has 1 saturated heterocycles. The highest BCUT2D eigenvalue weighted by Gasteiger charge is 2.43. The van der Waals surface area contributed by atoms with E-state index in [4.69, 9.17) is 4.74 Å². The highest BCUT2D eigenvalue weighted by atomic mass is 16.5. The standard InChI is InChI=1S/C11H20N2O4/c1-11(9(14)15)5-3-4-7-13(11)10(16)12-6-8-17-2/h3-8H2,1-2H3,(H,12,16)(H,14,15). The second-order valence-electron chi connectivity index (χ2n) is 4.41. The number of carbonyl (C=O) groups excluding carboxylic acids is 1. The number of nitrogens with zero attached hydrogens (tertiary/aromatic N) is 1. The van der Waals surface area contributed by atoms with Gasteiger partial charge in [-0.3, -0.25) is 0 Å². The van der Waals surface area contributed by atoms with Gasteiger partial charge in [0.25, 0.3) is 0 Å². The molecule has 1 heterocycles. The molecular weight excluding hydrogens is 224 g/mol. The smallest absolute Gasteiger partial charge is 0.329 e. The van der Waals surface area contributed by atoms with Gasteiger partial charge in [0.05, 0.1) is 6.61 Å². The van der Waals surface area contributed by atoms with Crippen molar-refractivity contribution in [1.82, 2.24) is 10.2 Å². The van der Waals surface area contributed by atoms with Gasteiger partial charge < -0.3 is 20.1 Å². The maximum atomic E-state index is 11.9. The zero-order valence-electron chi connectivity index (χ0n) is 10.4. The number of rotatable bonds is 4. The van der Waals surface area contributed by atoms with Crippen molar-refractivity contribution in [2.24, 2.45) is 0 Å². The summed E-state index contributed by atoms with van der Waals surface area (Å²) in [5.74, 6) is -0.945. The Hall–Kier alpha value is -1.30. The number of hydrogen-bond acceptors (Lipinski definition) is 3. The fourth-order valence-corrected chi connectivity index (χ4v) is 2.02. The largest absolute Gasteiger partial charge is 0.480 e. The first-order chi connectivity index (χ1) is 8.02. The molecule has 0 aromatic heterocycles. The summed E-state index contributed by atoms with van der Waals surface area (Å²) in [6.07, 6.45) is 2.19. The van der Waals surface area contributed by atoms with E-state index in [1.54, 1.807) is 14.0 Å². The average molecular weight is 244 g/mol. The van der Waals surface area contributed by atoms with Gasteiger partial charge in [-0.2, -0.15) is 0 Å². The van der Waals surface area contributed by atoms with Crippen molar-refractivity contribution >= 4 is 12.0 Å². The molecule has 1 fully saturated rings. The lowest BCUT2D eigenvalue weighted by Gasteiger charge is -2.41. The number of carbonyl (C=O) groups is 2. The first-order valence-electron chi connectivity index (χ1n) is 5.80. The van der Waals surface area contributed by atoms with E-state index in [0.29, 0.717) is 26.1 Å². The SMILES string of the molecule is COCCNC(=O)N1CCCCC1(C)C(=O)O. The third-order valence-electron chi connectivity index (χ3n) is 3.18. The third kappa shape index (κ3) is 3.09.